The van der Waals surface area contributed by atoms with Crippen molar-refractivity contribution in [3.8, 4) is 0 Å². The molecule has 1 unspecified atom stereocenters. The van der Waals surface area contributed by atoms with Gasteiger partial charge in [-0.2, -0.15) is 0 Å². The van der Waals surface area contributed by atoms with E-state index in [9.17, 15) is 4.21 Å². The topological polar surface area (TPSA) is 29.4 Å². The Hall–Kier alpha value is -0.0500. The van der Waals surface area contributed by atoms with Crippen LogP contribution in [0.25, 0.3) is 0 Å². The monoisotopic (exact) mass is 149 g/mol. The van der Waals surface area contributed by atoms with Gasteiger partial charge in [0, 0.05) is 27.8 Å². The van der Waals surface area contributed by atoms with Gasteiger partial charge in [-0.15, -0.1) is 0 Å². The predicted molar refractivity (Wildman–Crippen MR) is 42.2 cm³/mol. The molecule has 0 saturated carbocycles. The first-order valence-electron chi connectivity index (χ1n) is 3.17. The van der Waals surface area contributed by atoms with Crippen LogP contribution in [0.1, 0.15) is 20.8 Å². The van der Waals surface area contributed by atoms with E-state index < -0.39 is 9.73 Å². The minimum absolute atomic E-state index is 0.178. The third-order valence-corrected chi connectivity index (χ3v) is 3.78. The first-order chi connectivity index (χ1) is 4.00. The van der Waals surface area contributed by atoms with Crippen molar-refractivity contribution in [2.24, 2.45) is 4.36 Å². The average Bonchev–Trinajstić information content (AvgIpc) is 1.65. The SMILES string of the molecule is CCN=S(C)(=O)C(C)C. The van der Waals surface area contributed by atoms with Gasteiger partial charge >= 0.3 is 0 Å². The molecule has 2 nitrogen and oxygen atoms in total. The summed E-state index contributed by atoms with van der Waals surface area (Å²) in [4.78, 5) is 0. The molecule has 0 rings (SSSR count). The minimum atomic E-state index is -1.87. The Kier molecular flexibility index (Phi) is 3.18. The molecule has 9 heavy (non-hydrogen) atoms. The Morgan fingerprint density at radius 3 is 2.11 bits per heavy atom. The second-order valence-electron chi connectivity index (χ2n) is 2.36. The van der Waals surface area contributed by atoms with Crippen molar-refractivity contribution in [1.29, 1.82) is 0 Å². The van der Waals surface area contributed by atoms with Gasteiger partial charge in [0.1, 0.15) is 0 Å². The van der Waals surface area contributed by atoms with Crippen LogP contribution < -0.4 is 0 Å². The number of hydrogen-bond acceptors (Lipinski definition) is 2. The van der Waals surface area contributed by atoms with E-state index in [-0.39, 0.29) is 5.25 Å². The standard InChI is InChI=1S/C6H15NOS/c1-5-7-9(4,8)6(2)3/h6H,5H2,1-4H3. The molecule has 0 aromatic carbocycles. The smallest absolute Gasteiger partial charge is 0.0462 e. The summed E-state index contributed by atoms with van der Waals surface area (Å²) >= 11 is 0. The molecule has 0 aliphatic rings. The lowest BCUT2D eigenvalue weighted by Crippen LogP contribution is -2.11. The largest absolute Gasteiger partial charge is 0.250 e. The predicted octanol–water partition coefficient (Wildman–Crippen LogP) is 1.51. The summed E-state index contributed by atoms with van der Waals surface area (Å²) in [6.45, 7) is 6.43. The zero-order valence-electron chi connectivity index (χ0n) is 6.55. The normalized spacial score (nSPS) is 17.4. The summed E-state index contributed by atoms with van der Waals surface area (Å²) in [7, 11) is -1.87. The molecule has 0 aliphatic heterocycles. The zero-order valence-corrected chi connectivity index (χ0v) is 7.36. The summed E-state index contributed by atoms with van der Waals surface area (Å²) < 4.78 is 15.3. The lowest BCUT2D eigenvalue weighted by atomic mass is 10.6. The van der Waals surface area contributed by atoms with E-state index in [0.717, 1.165) is 0 Å². The molecule has 0 saturated heterocycles. The summed E-state index contributed by atoms with van der Waals surface area (Å²) in [5.74, 6) is 0. The first kappa shape index (κ1) is 8.95. The van der Waals surface area contributed by atoms with Gasteiger partial charge in [-0.25, -0.2) is 8.57 Å². The van der Waals surface area contributed by atoms with Crippen LogP contribution in [0.2, 0.25) is 0 Å². The minimum Gasteiger partial charge on any atom is -0.250 e. The van der Waals surface area contributed by atoms with Crippen LogP contribution >= 0.6 is 0 Å². The highest BCUT2D eigenvalue weighted by Gasteiger charge is 2.04. The molecular weight excluding hydrogens is 134 g/mol. The summed E-state index contributed by atoms with van der Waals surface area (Å²) in [6, 6.07) is 0. The molecular formula is C6H15NOS. The van der Waals surface area contributed by atoms with Crippen LogP contribution in [0.4, 0.5) is 0 Å². The van der Waals surface area contributed by atoms with Crippen molar-refractivity contribution >= 4 is 9.73 Å². The molecule has 0 bridgehead atoms. The lowest BCUT2D eigenvalue weighted by Gasteiger charge is -2.05. The molecule has 0 spiro atoms. The number of hydrogen-bond donors (Lipinski definition) is 0. The highest BCUT2D eigenvalue weighted by molar-refractivity contribution is 7.93. The van der Waals surface area contributed by atoms with Crippen molar-refractivity contribution in [3.63, 3.8) is 0 Å². The van der Waals surface area contributed by atoms with Crippen molar-refractivity contribution < 1.29 is 4.21 Å². The Bertz CT molecular complexity index is 177. The summed E-state index contributed by atoms with van der Waals surface area (Å²) in [5, 5.41) is 0.178. The molecule has 0 N–H and O–H groups in total. The van der Waals surface area contributed by atoms with Crippen LogP contribution in [0, 0.1) is 0 Å². The van der Waals surface area contributed by atoms with Gasteiger partial charge in [0.05, 0.1) is 0 Å². The van der Waals surface area contributed by atoms with Gasteiger partial charge in [-0.1, -0.05) is 13.8 Å². The molecule has 0 aromatic heterocycles. The average molecular weight is 149 g/mol. The molecule has 0 heterocycles. The number of rotatable bonds is 2. The molecule has 56 valence electrons. The maximum atomic E-state index is 11.3. The maximum absolute atomic E-state index is 11.3. The highest BCUT2D eigenvalue weighted by atomic mass is 32.2. The molecule has 3 heteroatoms. The van der Waals surface area contributed by atoms with E-state index in [1.54, 1.807) is 6.26 Å². The Labute approximate surface area is 57.8 Å². The zero-order chi connectivity index (χ0) is 7.49. The highest BCUT2D eigenvalue weighted by Crippen LogP contribution is 1.99. The molecule has 0 fully saturated rings. The van der Waals surface area contributed by atoms with Crippen LogP contribution in [0.5, 0.6) is 0 Å². The van der Waals surface area contributed by atoms with Crippen molar-refractivity contribution in [2.75, 3.05) is 12.8 Å². The van der Waals surface area contributed by atoms with Gasteiger partial charge in [0.15, 0.2) is 0 Å². The van der Waals surface area contributed by atoms with Gasteiger partial charge in [-0.3, -0.25) is 0 Å². The van der Waals surface area contributed by atoms with Gasteiger partial charge in [0.25, 0.3) is 0 Å². The fourth-order valence-corrected chi connectivity index (χ4v) is 1.22. The van der Waals surface area contributed by atoms with Crippen molar-refractivity contribution in [1.82, 2.24) is 0 Å². The molecule has 0 radical (unpaired) electrons. The Morgan fingerprint density at radius 1 is 1.56 bits per heavy atom. The Morgan fingerprint density at radius 2 is 2.00 bits per heavy atom. The van der Waals surface area contributed by atoms with Gasteiger partial charge in [-0.05, 0) is 6.92 Å². The Balaban J connectivity index is 4.39. The van der Waals surface area contributed by atoms with E-state index in [1.807, 2.05) is 20.8 Å². The third kappa shape index (κ3) is 2.84. The van der Waals surface area contributed by atoms with E-state index >= 15 is 0 Å². The molecule has 1 atom stereocenters. The van der Waals surface area contributed by atoms with Crippen molar-refractivity contribution in [2.45, 2.75) is 26.0 Å². The molecule has 0 aromatic rings. The van der Waals surface area contributed by atoms with E-state index in [2.05, 4.69) is 4.36 Å². The van der Waals surface area contributed by atoms with Crippen LogP contribution in [0.3, 0.4) is 0 Å². The quantitative estimate of drug-likeness (QED) is 0.585. The molecule has 0 aliphatic carbocycles. The third-order valence-electron chi connectivity index (χ3n) is 1.26. The van der Waals surface area contributed by atoms with E-state index in [0.29, 0.717) is 6.54 Å². The lowest BCUT2D eigenvalue weighted by molar-refractivity contribution is 0.672. The second-order valence-corrected chi connectivity index (χ2v) is 5.28. The van der Waals surface area contributed by atoms with Gasteiger partial charge < -0.3 is 0 Å². The van der Waals surface area contributed by atoms with Crippen LogP contribution in [-0.4, -0.2) is 22.3 Å². The van der Waals surface area contributed by atoms with E-state index in [4.69, 9.17) is 0 Å². The maximum Gasteiger partial charge on any atom is 0.0462 e. The first-order valence-corrected chi connectivity index (χ1v) is 5.16. The van der Waals surface area contributed by atoms with Gasteiger partial charge in [0.2, 0.25) is 0 Å². The second kappa shape index (κ2) is 3.20. The number of nitrogens with zero attached hydrogens (tertiary/aromatic N) is 1. The van der Waals surface area contributed by atoms with Crippen molar-refractivity contribution in [3.05, 3.63) is 0 Å². The summed E-state index contributed by atoms with van der Waals surface area (Å²) in [6.07, 6.45) is 1.71. The fraction of sp³-hybridized carbons (Fsp3) is 1.00. The van der Waals surface area contributed by atoms with E-state index in [1.165, 1.54) is 0 Å². The van der Waals surface area contributed by atoms with Crippen LogP contribution in [-0.2, 0) is 9.73 Å². The van der Waals surface area contributed by atoms with Crippen LogP contribution in [0.15, 0.2) is 4.36 Å². The fourth-order valence-electron chi connectivity index (χ4n) is 0.405. The molecule has 0 amide bonds. The summed E-state index contributed by atoms with van der Waals surface area (Å²) in [5.41, 5.74) is 0.